The van der Waals surface area contributed by atoms with Gasteiger partial charge in [0.05, 0.1) is 17.2 Å². The second kappa shape index (κ2) is 14.7. The number of thiazole rings is 1. The molecule has 0 atom stereocenters. The van der Waals surface area contributed by atoms with Gasteiger partial charge in [0, 0.05) is 51.2 Å². The van der Waals surface area contributed by atoms with Crippen LogP contribution in [-0.2, 0) is 11.2 Å². The van der Waals surface area contributed by atoms with Gasteiger partial charge >= 0.3 is 0 Å². The Morgan fingerprint density at radius 1 is 1.28 bits per heavy atom. The van der Waals surface area contributed by atoms with Crippen molar-refractivity contribution in [3.63, 3.8) is 0 Å². The summed E-state index contributed by atoms with van der Waals surface area (Å²) in [5, 5.41) is 7.85. The van der Waals surface area contributed by atoms with Crippen LogP contribution in [0.25, 0.3) is 0 Å². The fourth-order valence-corrected chi connectivity index (χ4v) is 3.30. The van der Waals surface area contributed by atoms with Gasteiger partial charge in [0.1, 0.15) is 0 Å². The number of nitrogens with one attached hydrogen (secondary N) is 2. The zero-order chi connectivity index (χ0) is 17.8. The highest BCUT2D eigenvalue weighted by Gasteiger charge is 2.05. The molecule has 0 spiro atoms. The topological polar surface area (TPSA) is 61.8 Å². The third kappa shape index (κ3) is 11.0. The van der Waals surface area contributed by atoms with Crippen molar-refractivity contribution in [3.05, 3.63) is 15.6 Å². The van der Waals surface area contributed by atoms with Crippen LogP contribution in [0.3, 0.4) is 0 Å². The smallest absolute Gasteiger partial charge is 0.191 e. The minimum Gasteiger partial charge on any atom is -0.385 e. The third-order valence-electron chi connectivity index (χ3n) is 3.63. The van der Waals surface area contributed by atoms with Crippen LogP contribution in [0.5, 0.6) is 0 Å². The van der Waals surface area contributed by atoms with Crippen molar-refractivity contribution in [2.75, 3.05) is 53.5 Å². The maximum atomic E-state index is 5.08. The highest BCUT2D eigenvalue weighted by molar-refractivity contribution is 14.0. The van der Waals surface area contributed by atoms with Gasteiger partial charge < -0.3 is 20.3 Å². The average Bonchev–Trinajstić information content (AvgIpc) is 2.85. The van der Waals surface area contributed by atoms with E-state index in [2.05, 4.69) is 53.3 Å². The molecule has 8 heteroatoms. The summed E-state index contributed by atoms with van der Waals surface area (Å²) in [4.78, 5) is 12.8. The molecule has 0 fully saturated rings. The van der Waals surface area contributed by atoms with Crippen LogP contribution < -0.4 is 10.6 Å². The summed E-state index contributed by atoms with van der Waals surface area (Å²) in [5.41, 5.74) is 1.15. The molecule has 0 saturated carbocycles. The largest absolute Gasteiger partial charge is 0.385 e. The fourth-order valence-electron chi connectivity index (χ4n) is 2.36. The van der Waals surface area contributed by atoms with E-state index < -0.39 is 0 Å². The lowest BCUT2D eigenvalue weighted by atomic mass is 10.3. The van der Waals surface area contributed by atoms with Gasteiger partial charge in [-0.25, -0.2) is 4.98 Å². The molecule has 0 bridgehead atoms. The van der Waals surface area contributed by atoms with E-state index in [9.17, 15) is 0 Å². The minimum absolute atomic E-state index is 0. The lowest BCUT2D eigenvalue weighted by Gasteiger charge is -2.16. The Morgan fingerprint density at radius 2 is 2.04 bits per heavy atom. The molecule has 1 heterocycles. The van der Waals surface area contributed by atoms with E-state index in [0.29, 0.717) is 0 Å². The Bertz CT molecular complexity index is 495. The van der Waals surface area contributed by atoms with Gasteiger partial charge in [-0.1, -0.05) is 0 Å². The fraction of sp³-hybridized carbons (Fsp3) is 0.765. The summed E-state index contributed by atoms with van der Waals surface area (Å²) in [6.07, 6.45) is 2.04. The number of rotatable bonds is 11. The number of aliphatic imine (C=N–C) groups is 1. The lowest BCUT2D eigenvalue weighted by molar-refractivity contribution is 0.180. The molecule has 0 aliphatic carbocycles. The molecule has 25 heavy (non-hydrogen) atoms. The Balaban J connectivity index is 0.00000576. The first-order valence-electron chi connectivity index (χ1n) is 8.69. The van der Waals surface area contributed by atoms with Crippen molar-refractivity contribution in [2.24, 2.45) is 4.99 Å². The number of halogens is 1. The summed E-state index contributed by atoms with van der Waals surface area (Å²) in [6, 6.07) is 0. The van der Waals surface area contributed by atoms with E-state index in [1.165, 1.54) is 4.88 Å². The van der Waals surface area contributed by atoms with E-state index >= 15 is 0 Å². The van der Waals surface area contributed by atoms with Crippen LogP contribution in [0, 0.1) is 13.8 Å². The van der Waals surface area contributed by atoms with E-state index in [0.717, 1.165) is 68.8 Å². The van der Waals surface area contributed by atoms with Crippen molar-refractivity contribution in [1.82, 2.24) is 20.5 Å². The minimum atomic E-state index is 0. The molecule has 0 aliphatic rings. The summed E-state index contributed by atoms with van der Waals surface area (Å²) in [6.45, 7) is 11.6. The molecular weight excluding hydrogens is 449 g/mol. The molecular formula is C17H34IN5OS. The number of nitrogens with zero attached hydrogens (tertiary/aromatic N) is 3. The molecule has 1 rings (SSSR count). The molecule has 0 saturated heterocycles. The summed E-state index contributed by atoms with van der Waals surface area (Å²) in [5.74, 6) is 0.890. The van der Waals surface area contributed by atoms with Gasteiger partial charge in [-0.3, -0.25) is 4.99 Å². The standard InChI is InChI=1S/C17H33N5OS.HI/c1-6-18-17(20-10-12-22(4)11-7-13-23-5)19-9-8-16-14(2)21-15(3)24-16;/h6-13H2,1-5H3,(H2,18,19,20);1H. The number of methoxy groups -OCH3 is 1. The monoisotopic (exact) mass is 483 g/mol. The van der Waals surface area contributed by atoms with Crippen molar-refractivity contribution in [2.45, 2.75) is 33.6 Å². The molecule has 0 radical (unpaired) electrons. The zero-order valence-electron chi connectivity index (χ0n) is 16.2. The van der Waals surface area contributed by atoms with Crippen LogP contribution in [0.1, 0.15) is 28.9 Å². The quantitative estimate of drug-likeness (QED) is 0.219. The lowest BCUT2D eigenvalue weighted by Crippen LogP contribution is -2.39. The number of ether oxygens (including phenoxy) is 1. The maximum Gasteiger partial charge on any atom is 0.191 e. The molecule has 146 valence electrons. The van der Waals surface area contributed by atoms with Crippen LogP contribution in [0.15, 0.2) is 4.99 Å². The number of hydrogen-bond donors (Lipinski definition) is 2. The van der Waals surface area contributed by atoms with Crippen LogP contribution in [0.4, 0.5) is 0 Å². The summed E-state index contributed by atoms with van der Waals surface area (Å²) >= 11 is 1.78. The van der Waals surface area contributed by atoms with Crippen LogP contribution >= 0.6 is 35.3 Å². The van der Waals surface area contributed by atoms with Gasteiger partial charge in [-0.05, 0) is 34.2 Å². The second-order valence-electron chi connectivity index (χ2n) is 5.83. The molecule has 0 unspecified atom stereocenters. The normalized spacial score (nSPS) is 11.5. The molecule has 1 aromatic rings. The number of aryl methyl sites for hydroxylation is 2. The van der Waals surface area contributed by atoms with E-state index in [-0.39, 0.29) is 24.0 Å². The van der Waals surface area contributed by atoms with Crippen LogP contribution in [-0.4, -0.2) is 69.3 Å². The number of aromatic nitrogens is 1. The molecule has 2 N–H and O–H groups in total. The van der Waals surface area contributed by atoms with Gasteiger partial charge in [0.15, 0.2) is 5.96 Å². The first kappa shape index (κ1) is 24.6. The summed E-state index contributed by atoms with van der Waals surface area (Å²) in [7, 11) is 3.87. The molecule has 6 nitrogen and oxygen atoms in total. The molecule has 0 aromatic carbocycles. The highest BCUT2D eigenvalue weighted by Crippen LogP contribution is 2.16. The SMILES string of the molecule is CCNC(=NCCN(C)CCCOC)NCCc1sc(C)nc1C.I. The van der Waals surface area contributed by atoms with E-state index in [1.807, 2.05) is 0 Å². The third-order valence-corrected chi connectivity index (χ3v) is 4.76. The Labute approximate surface area is 173 Å². The Hall–Kier alpha value is -0.450. The maximum absolute atomic E-state index is 5.08. The number of hydrogen-bond acceptors (Lipinski definition) is 5. The average molecular weight is 483 g/mol. The van der Waals surface area contributed by atoms with E-state index in [1.54, 1.807) is 18.4 Å². The molecule has 0 amide bonds. The van der Waals surface area contributed by atoms with Gasteiger partial charge in [0.25, 0.3) is 0 Å². The zero-order valence-corrected chi connectivity index (χ0v) is 19.4. The Morgan fingerprint density at radius 3 is 2.64 bits per heavy atom. The first-order valence-corrected chi connectivity index (χ1v) is 9.51. The predicted octanol–water partition coefficient (Wildman–Crippen LogP) is 2.44. The molecule has 0 aliphatic heterocycles. The van der Waals surface area contributed by atoms with Crippen molar-refractivity contribution in [3.8, 4) is 0 Å². The van der Waals surface area contributed by atoms with Crippen molar-refractivity contribution in [1.29, 1.82) is 0 Å². The van der Waals surface area contributed by atoms with Gasteiger partial charge in [-0.2, -0.15) is 0 Å². The number of likely N-dealkylation sites (N-methyl/N-ethyl adjacent to an activating group) is 1. The first-order chi connectivity index (χ1) is 11.6. The summed E-state index contributed by atoms with van der Waals surface area (Å²) < 4.78 is 5.08. The van der Waals surface area contributed by atoms with Gasteiger partial charge in [-0.15, -0.1) is 35.3 Å². The number of guanidine groups is 1. The van der Waals surface area contributed by atoms with E-state index in [4.69, 9.17) is 4.74 Å². The molecule has 1 aromatic heterocycles. The second-order valence-corrected chi connectivity index (χ2v) is 7.12. The highest BCUT2D eigenvalue weighted by atomic mass is 127. The van der Waals surface area contributed by atoms with Crippen molar-refractivity contribution < 1.29 is 4.74 Å². The van der Waals surface area contributed by atoms with Gasteiger partial charge in [0.2, 0.25) is 0 Å². The van der Waals surface area contributed by atoms with Crippen molar-refractivity contribution >= 4 is 41.3 Å². The predicted molar refractivity (Wildman–Crippen MR) is 119 cm³/mol. The van der Waals surface area contributed by atoms with Crippen LogP contribution in [0.2, 0.25) is 0 Å². The Kier molecular flexibility index (Phi) is 14.4.